The zero-order chi connectivity index (χ0) is 31.5. The lowest BCUT2D eigenvalue weighted by Gasteiger charge is -2.43. The van der Waals surface area contributed by atoms with Gasteiger partial charge in [-0.05, 0) is 82.9 Å². The lowest BCUT2D eigenvalue weighted by molar-refractivity contribution is -0.121. The second-order valence-electron chi connectivity index (χ2n) is 11.6. The maximum absolute atomic E-state index is 14.1. The minimum Gasteiger partial charge on any atom is -0.484 e. The molecule has 0 fully saturated rings. The van der Waals surface area contributed by atoms with Crippen LogP contribution >= 0.6 is 0 Å². The first-order valence-corrected chi connectivity index (χ1v) is 15.6. The highest BCUT2D eigenvalue weighted by molar-refractivity contribution is 5.99. The molecule has 0 aliphatic carbocycles. The van der Waals surface area contributed by atoms with Gasteiger partial charge < -0.3 is 19.3 Å². The van der Waals surface area contributed by atoms with Gasteiger partial charge in [0.25, 0.3) is 11.8 Å². The summed E-state index contributed by atoms with van der Waals surface area (Å²) in [6, 6.07) is 44.8. The number of carbonyl (C=O) groups is 2. The molecule has 0 N–H and O–H groups in total. The summed E-state index contributed by atoms with van der Waals surface area (Å²) in [5, 5.41) is 4.34. The van der Waals surface area contributed by atoms with Gasteiger partial charge in [0.05, 0.1) is 6.04 Å². The molecule has 0 radical (unpaired) electrons. The molecule has 1 heterocycles. The molecule has 0 unspecified atom stereocenters. The molecule has 0 spiro atoms. The number of hydrogen-bond donors (Lipinski definition) is 0. The van der Waals surface area contributed by atoms with E-state index in [-0.39, 0.29) is 37.1 Å². The number of fused-ring (bicyclic) bond motifs is 3. The number of amides is 2. The van der Waals surface area contributed by atoms with Crippen molar-refractivity contribution in [2.75, 3.05) is 23.0 Å². The molecule has 0 aromatic heterocycles. The zero-order valence-electron chi connectivity index (χ0n) is 25.6. The lowest BCUT2D eigenvalue weighted by Crippen LogP contribution is -2.49. The Morgan fingerprint density at radius 3 is 1.85 bits per heavy atom. The van der Waals surface area contributed by atoms with E-state index < -0.39 is 0 Å². The molecule has 2 atom stereocenters. The van der Waals surface area contributed by atoms with Crippen molar-refractivity contribution in [2.24, 2.45) is 0 Å². The lowest BCUT2D eigenvalue weighted by atomic mass is 9.90. The summed E-state index contributed by atoms with van der Waals surface area (Å²) in [6.07, 6.45) is 0.551. The molecule has 1 aliphatic heterocycles. The van der Waals surface area contributed by atoms with Gasteiger partial charge in [-0.2, -0.15) is 0 Å². The van der Waals surface area contributed by atoms with Crippen molar-refractivity contribution in [3.05, 3.63) is 145 Å². The van der Waals surface area contributed by atoms with E-state index in [0.717, 1.165) is 38.5 Å². The Hall–Kier alpha value is -5.62. The van der Waals surface area contributed by atoms with Crippen LogP contribution in [0.4, 0.5) is 11.4 Å². The van der Waals surface area contributed by atoms with Crippen molar-refractivity contribution in [3.8, 4) is 11.5 Å². The molecule has 1 aliphatic rings. The Labute approximate surface area is 268 Å². The van der Waals surface area contributed by atoms with Crippen molar-refractivity contribution in [3.63, 3.8) is 0 Å². The molecule has 6 nitrogen and oxygen atoms in total. The fourth-order valence-corrected chi connectivity index (χ4v) is 6.44. The van der Waals surface area contributed by atoms with Crippen molar-refractivity contribution in [1.82, 2.24) is 0 Å². The fraction of sp³-hybridized carbons (Fsp3) is 0.150. The molecule has 0 saturated carbocycles. The summed E-state index contributed by atoms with van der Waals surface area (Å²) in [5.41, 5.74) is 2.46. The number of nitrogens with zero attached hydrogens (tertiary/aromatic N) is 2. The van der Waals surface area contributed by atoms with E-state index in [1.165, 1.54) is 0 Å². The predicted octanol–water partition coefficient (Wildman–Crippen LogP) is 8.35. The molecule has 7 rings (SSSR count). The number of carbonyl (C=O) groups excluding carboxylic acids is 2. The maximum atomic E-state index is 14.1. The van der Waals surface area contributed by atoms with E-state index in [2.05, 4.69) is 0 Å². The summed E-state index contributed by atoms with van der Waals surface area (Å²) < 4.78 is 12.1. The number of ether oxygens (including phenoxy) is 2. The predicted molar refractivity (Wildman–Crippen MR) is 184 cm³/mol. The van der Waals surface area contributed by atoms with Crippen LogP contribution < -0.4 is 19.3 Å². The molecule has 0 bridgehead atoms. The van der Waals surface area contributed by atoms with Gasteiger partial charge in [-0.15, -0.1) is 0 Å². The van der Waals surface area contributed by atoms with E-state index in [1.54, 1.807) is 0 Å². The normalized spacial score (nSPS) is 15.7. The third-order valence-electron chi connectivity index (χ3n) is 8.61. The monoisotopic (exact) mass is 606 g/mol. The summed E-state index contributed by atoms with van der Waals surface area (Å²) in [4.78, 5) is 31.4. The van der Waals surface area contributed by atoms with Gasteiger partial charge in [-0.25, -0.2) is 0 Å². The fourth-order valence-electron chi connectivity index (χ4n) is 6.44. The van der Waals surface area contributed by atoms with Crippen LogP contribution in [0, 0.1) is 0 Å². The van der Waals surface area contributed by atoms with Gasteiger partial charge in [0.2, 0.25) is 0 Å². The van der Waals surface area contributed by atoms with Crippen LogP contribution in [0.3, 0.4) is 0 Å². The minimum absolute atomic E-state index is 0.0946. The van der Waals surface area contributed by atoms with Gasteiger partial charge >= 0.3 is 0 Å². The van der Waals surface area contributed by atoms with Gasteiger partial charge in [-0.3, -0.25) is 9.59 Å². The minimum atomic E-state index is -0.299. The molecule has 228 valence electrons. The molecule has 6 aromatic rings. The second kappa shape index (κ2) is 12.8. The van der Waals surface area contributed by atoms with Crippen LogP contribution in [0.1, 0.15) is 24.9 Å². The SMILES string of the molecule is C[C@@H]1C[C@@H](N(C(=O)COc2ccc3ccccc3c2)c2ccccc2)c2ccccc2N1C(=O)COc1ccc2ccccc2c1. The third-order valence-corrected chi connectivity index (χ3v) is 8.61. The number of benzene rings is 6. The van der Waals surface area contributed by atoms with Crippen molar-refractivity contribution in [2.45, 2.75) is 25.4 Å². The molecular weight excluding hydrogens is 572 g/mol. The number of anilines is 2. The number of rotatable bonds is 8. The van der Waals surface area contributed by atoms with Crippen molar-refractivity contribution >= 4 is 44.7 Å². The molecule has 46 heavy (non-hydrogen) atoms. The molecular formula is C40H34N2O4. The van der Waals surface area contributed by atoms with E-state index in [1.807, 2.05) is 156 Å². The molecule has 6 heteroatoms. The van der Waals surface area contributed by atoms with Crippen LogP contribution in [-0.2, 0) is 9.59 Å². The van der Waals surface area contributed by atoms with Crippen molar-refractivity contribution in [1.29, 1.82) is 0 Å². The number of para-hydroxylation sites is 2. The van der Waals surface area contributed by atoms with E-state index in [4.69, 9.17) is 9.47 Å². The average molecular weight is 607 g/mol. The highest BCUT2D eigenvalue weighted by Crippen LogP contribution is 2.42. The Morgan fingerprint density at radius 1 is 0.652 bits per heavy atom. The summed E-state index contributed by atoms with van der Waals surface area (Å²) in [6.45, 7) is 1.81. The quantitative estimate of drug-likeness (QED) is 0.175. The third kappa shape index (κ3) is 5.89. The topological polar surface area (TPSA) is 59.1 Å². The zero-order valence-corrected chi connectivity index (χ0v) is 25.6. The van der Waals surface area contributed by atoms with Gasteiger partial charge in [0.1, 0.15) is 11.5 Å². The van der Waals surface area contributed by atoms with Crippen molar-refractivity contribution < 1.29 is 19.1 Å². The second-order valence-corrected chi connectivity index (χ2v) is 11.6. The first-order valence-electron chi connectivity index (χ1n) is 15.6. The molecule has 6 aromatic carbocycles. The summed E-state index contributed by atoms with van der Waals surface area (Å²) in [5.74, 6) is 0.991. The highest BCUT2D eigenvalue weighted by Gasteiger charge is 2.38. The van der Waals surface area contributed by atoms with Crippen LogP contribution in [-0.4, -0.2) is 31.1 Å². The van der Waals surface area contributed by atoms with E-state index >= 15 is 0 Å². The Morgan fingerprint density at radius 2 is 1.20 bits per heavy atom. The standard InChI is InChI=1S/C40H34N2O4/c1-28-23-38(42(33-15-3-2-4-16-33)40(44)27-46-35-22-20-30-12-6-8-14-32(30)25-35)36-17-9-10-18-37(36)41(28)39(43)26-45-34-21-19-29-11-5-7-13-31(29)24-34/h2-22,24-25,28,38H,23,26-27H2,1H3/t28-,38-/m1/s1. The highest BCUT2D eigenvalue weighted by atomic mass is 16.5. The number of hydrogen-bond acceptors (Lipinski definition) is 4. The Bertz CT molecular complexity index is 2030. The first-order chi connectivity index (χ1) is 22.5. The summed E-state index contributed by atoms with van der Waals surface area (Å²) >= 11 is 0. The molecule has 0 saturated heterocycles. The largest absolute Gasteiger partial charge is 0.484 e. The average Bonchev–Trinajstić information content (AvgIpc) is 3.10. The van der Waals surface area contributed by atoms with Crippen LogP contribution in [0.15, 0.2) is 140 Å². The van der Waals surface area contributed by atoms with Crippen LogP contribution in [0.5, 0.6) is 11.5 Å². The van der Waals surface area contributed by atoms with Gasteiger partial charge in [-0.1, -0.05) is 97.1 Å². The van der Waals surface area contributed by atoms with Crippen LogP contribution in [0.2, 0.25) is 0 Å². The maximum Gasteiger partial charge on any atom is 0.265 e. The Kier molecular flexibility index (Phi) is 8.09. The van der Waals surface area contributed by atoms with E-state index in [0.29, 0.717) is 17.9 Å². The smallest absolute Gasteiger partial charge is 0.265 e. The first kappa shape index (κ1) is 29.1. The summed E-state index contributed by atoms with van der Waals surface area (Å²) in [7, 11) is 0. The van der Waals surface area contributed by atoms with Gasteiger partial charge in [0, 0.05) is 17.4 Å². The van der Waals surface area contributed by atoms with Crippen LogP contribution in [0.25, 0.3) is 21.5 Å². The van der Waals surface area contributed by atoms with E-state index in [9.17, 15) is 9.59 Å². The Balaban J connectivity index is 1.14. The molecule has 2 amide bonds. The van der Waals surface area contributed by atoms with Gasteiger partial charge in [0.15, 0.2) is 13.2 Å².